The molecule has 0 aliphatic carbocycles. The molecule has 1 aromatic rings. The van der Waals surface area contributed by atoms with Crippen molar-refractivity contribution in [3.63, 3.8) is 0 Å². The number of carbonyl (C=O) groups is 3. The van der Waals surface area contributed by atoms with Crippen molar-refractivity contribution in [2.75, 3.05) is 39.3 Å². The van der Waals surface area contributed by atoms with Crippen LogP contribution in [0, 0.1) is 0 Å². The fourth-order valence-corrected chi connectivity index (χ4v) is 3.20. The summed E-state index contributed by atoms with van der Waals surface area (Å²) < 4.78 is 11.4. The molecule has 158 valence electrons. The van der Waals surface area contributed by atoms with E-state index in [0.717, 1.165) is 6.42 Å². The standard InChI is InChI=1S/C20H28N4O5/c1-3-14(2)21-20(27)22-18(25)12-23-8-10-24(11-9-23)19(26)17-13-28-15-6-4-5-7-16(15)29-17/h4-7,14,17H,3,8-13H2,1-2H3,(H2,21,22,25,27)/t14-,17+/m0/s1. The molecule has 4 amide bonds. The first-order valence-corrected chi connectivity index (χ1v) is 9.96. The maximum Gasteiger partial charge on any atom is 0.321 e. The van der Waals surface area contributed by atoms with E-state index in [-0.39, 0.29) is 31.0 Å². The van der Waals surface area contributed by atoms with Crippen molar-refractivity contribution in [3.05, 3.63) is 24.3 Å². The first-order valence-electron chi connectivity index (χ1n) is 9.96. The van der Waals surface area contributed by atoms with E-state index in [1.807, 2.05) is 36.9 Å². The average molecular weight is 404 g/mol. The van der Waals surface area contributed by atoms with Crippen molar-refractivity contribution in [2.24, 2.45) is 0 Å². The largest absolute Gasteiger partial charge is 0.485 e. The molecule has 0 unspecified atom stereocenters. The lowest BCUT2D eigenvalue weighted by atomic mass is 10.2. The Labute approximate surface area is 170 Å². The number of nitrogens with one attached hydrogen (secondary N) is 2. The molecule has 2 aliphatic heterocycles. The average Bonchev–Trinajstić information content (AvgIpc) is 2.73. The van der Waals surface area contributed by atoms with E-state index in [0.29, 0.717) is 37.7 Å². The summed E-state index contributed by atoms with van der Waals surface area (Å²) in [6.07, 6.45) is 0.128. The molecular formula is C20H28N4O5. The van der Waals surface area contributed by atoms with Crippen LogP contribution < -0.4 is 20.1 Å². The summed E-state index contributed by atoms with van der Waals surface area (Å²) in [7, 11) is 0. The normalized spacial score (nSPS) is 19.9. The first-order chi connectivity index (χ1) is 14.0. The van der Waals surface area contributed by atoms with Crippen LogP contribution in [-0.2, 0) is 9.59 Å². The fraction of sp³-hybridized carbons (Fsp3) is 0.550. The van der Waals surface area contributed by atoms with Gasteiger partial charge in [-0.2, -0.15) is 0 Å². The molecule has 0 radical (unpaired) electrons. The molecule has 0 spiro atoms. The number of hydrogen-bond donors (Lipinski definition) is 2. The Morgan fingerprint density at radius 1 is 1.14 bits per heavy atom. The molecule has 1 fully saturated rings. The summed E-state index contributed by atoms with van der Waals surface area (Å²) in [6, 6.07) is 6.81. The van der Waals surface area contributed by atoms with E-state index < -0.39 is 12.1 Å². The second-order valence-corrected chi connectivity index (χ2v) is 7.30. The third-order valence-electron chi connectivity index (χ3n) is 5.08. The van der Waals surface area contributed by atoms with Crippen LogP contribution in [0.15, 0.2) is 24.3 Å². The Hall–Kier alpha value is -2.81. The van der Waals surface area contributed by atoms with Gasteiger partial charge in [0, 0.05) is 32.2 Å². The van der Waals surface area contributed by atoms with Crippen LogP contribution in [0.1, 0.15) is 20.3 Å². The van der Waals surface area contributed by atoms with Gasteiger partial charge in [0.25, 0.3) is 5.91 Å². The van der Waals surface area contributed by atoms with Gasteiger partial charge in [0.15, 0.2) is 11.5 Å². The Morgan fingerprint density at radius 2 is 1.83 bits per heavy atom. The molecule has 0 aromatic heterocycles. The smallest absolute Gasteiger partial charge is 0.321 e. The molecule has 2 aliphatic rings. The highest BCUT2D eigenvalue weighted by molar-refractivity contribution is 5.95. The van der Waals surface area contributed by atoms with Crippen LogP contribution in [0.2, 0.25) is 0 Å². The summed E-state index contributed by atoms with van der Waals surface area (Å²) in [6.45, 7) is 6.22. The molecule has 9 nitrogen and oxygen atoms in total. The molecule has 0 saturated carbocycles. The number of rotatable bonds is 5. The second kappa shape index (κ2) is 9.60. The molecule has 0 bridgehead atoms. The van der Waals surface area contributed by atoms with Crippen LogP contribution in [0.5, 0.6) is 11.5 Å². The molecular weight excluding hydrogens is 376 g/mol. The van der Waals surface area contributed by atoms with Gasteiger partial charge in [0.1, 0.15) is 6.61 Å². The molecule has 2 atom stereocenters. The number of fused-ring (bicyclic) bond motifs is 1. The van der Waals surface area contributed by atoms with Gasteiger partial charge in [0.05, 0.1) is 6.54 Å². The number of para-hydroxylation sites is 2. The van der Waals surface area contributed by atoms with Gasteiger partial charge in [-0.25, -0.2) is 4.79 Å². The lowest BCUT2D eigenvalue weighted by molar-refractivity contribution is -0.143. The van der Waals surface area contributed by atoms with Crippen LogP contribution in [0.25, 0.3) is 0 Å². The topological polar surface area (TPSA) is 100 Å². The number of carbonyl (C=O) groups excluding carboxylic acids is 3. The highest BCUT2D eigenvalue weighted by Gasteiger charge is 2.33. The lowest BCUT2D eigenvalue weighted by Crippen LogP contribution is -2.55. The van der Waals surface area contributed by atoms with Crippen LogP contribution in [-0.4, -0.2) is 79.1 Å². The van der Waals surface area contributed by atoms with E-state index in [9.17, 15) is 14.4 Å². The van der Waals surface area contributed by atoms with Crippen molar-refractivity contribution in [1.82, 2.24) is 20.4 Å². The van der Waals surface area contributed by atoms with E-state index in [2.05, 4.69) is 10.6 Å². The third kappa shape index (κ3) is 5.60. The number of imide groups is 1. The number of piperazine rings is 1. The number of amides is 4. The summed E-state index contributed by atoms with van der Waals surface area (Å²) in [5.41, 5.74) is 0. The van der Waals surface area contributed by atoms with Gasteiger partial charge in [-0.05, 0) is 25.5 Å². The van der Waals surface area contributed by atoms with E-state index in [4.69, 9.17) is 9.47 Å². The van der Waals surface area contributed by atoms with E-state index in [1.165, 1.54) is 0 Å². The molecule has 2 N–H and O–H groups in total. The van der Waals surface area contributed by atoms with Gasteiger partial charge in [0.2, 0.25) is 12.0 Å². The highest BCUT2D eigenvalue weighted by Crippen LogP contribution is 2.31. The number of hydrogen-bond acceptors (Lipinski definition) is 6. The number of ether oxygens (including phenoxy) is 2. The van der Waals surface area contributed by atoms with Crippen molar-refractivity contribution in [3.8, 4) is 11.5 Å². The zero-order valence-corrected chi connectivity index (χ0v) is 16.8. The minimum atomic E-state index is -0.663. The minimum Gasteiger partial charge on any atom is -0.485 e. The van der Waals surface area contributed by atoms with Gasteiger partial charge in [-0.1, -0.05) is 19.1 Å². The number of urea groups is 1. The Kier molecular flexibility index (Phi) is 6.92. The number of nitrogens with zero attached hydrogens (tertiary/aromatic N) is 2. The summed E-state index contributed by atoms with van der Waals surface area (Å²) in [5.74, 6) is 0.746. The predicted octanol–water partition coefficient (Wildman–Crippen LogP) is 0.595. The molecule has 9 heteroatoms. The van der Waals surface area contributed by atoms with Crippen molar-refractivity contribution in [2.45, 2.75) is 32.4 Å². The fourth-order valence-electron chi connectivity index (χ4n) is 3.20. The second-order valence-electron chi connectivity index (χ2n) is 7.30. The monoisotopic (exact) mass is 404 g/mol. The Morgan fingerprint density at radius 3 is 2.52 bits per heavy atom. The summed E-state index contributed by atoms with van der Waals surface area (Å²) in [4.78, 5) is 40.2. The van der Waals surface area contributed by atoms with Crippen LogP contribution in [0.4, 0.5) is 4.79 Å². The minimum absolute atomic E-state index is 0.00954. The van der Waals surface area contributed by atoms with E-state index >= 15 is 0 Å². The Balaban J connectivity index is 1.42. The SMILES string of the molecule is CC[C@H](C)NC(=O)NC(=O)CN1CCN(C(=O)[C@H]2COc3ccccc3O2)CC1. The lowest BCUT2D eigenvalue weighted by Gasteiger charge is -2.36. The van der Waals surface area contributed by atoms with Crippen LogP contribution in [0.3, 0.4) is 0 Å². The maximum absolute atomic E-state index is 12.7. The molecule has 3 rings (SSSR count). The quantitative estimate of drug-likeness (QED) is 0.745. The molecule has 2 heterocycles. The van der Waals surface area contributed by atoms with E-state index in [1.54, 1.807) is 11.0 Å². The van der Waals surface area contributed by atoms with Gasteiger partial charge < -0.3 is 19.7 Å². The van der Waals surface area contributed by atoms with Gasteiger partial charge >= 0.3 is 6.03 Å². The molecule has 1 aromatic carbocycles. The first kappa shape index (κ1) is 20.9. The maximum atomic E-state index is 12.7. The van der Waals surface area contributed by atoms with Crippen molar-refractivity contribution < 1.29 is 23.9 Å². The number of benzene rings is 1. The zero-order valence-electron chi connectivity index (χ0n) is 16.8. The predicted molar refractivity (Wildman–Crippen MR) is 106 cm³/mol. The summed E-state index contributed by atoms with van der Waals surface area (Å²) in [5, 5.41) is 5.03. The summed E-state index contributed by atoms with van der Waals surface area (Å²) >= 11 is 0. The Bertz CT molecular complexity index is 748. The van der Waals surface area contributed by atoms with Crippen molar-refractivity contribution >= 4 is 17.8 Å². The molecule has 29 heavy (non-hydrogen) atoms. The zero-order chi connectivity index (χ0) is 20.8. The third-order valence-corrected chi connectivity index (χ3v) is 5.08. The van der Waals surface area contributed by atoms with Gasteiger partial charge in [-0.3, -0.25) is 19.8 Å². The van der Waals surface area contributed by atoms with Crippen molar-refractivity contribution in [1.29, 1.82) is 0 Å². The highest BCUT2D eigenvalue weighted by atomic mass is 16.6. The van der Waals surface area contributed by atoms with Crippen LogP contribution >= 0.6 is 0 Å². The molecule has 1 saturated heterocycles. The van der Waals surface area contributed by atoms with Gasteiger partial charge in [-0.15, -0.1) is 0 Å².